The lowest BCUT2D eigenvalue weighted by Gasteiger charge is -2.40. The van der Waals surface area contributed by atoms with E-state index in [0.29, 0.717) is 5.75 Å². The Morgan fingerprint density at radius 2 is 2.08 bits per heavy atom. The van der Waals surface area contributed by atoms with Crippen LogP contribution >= 0.6 is 0 Å². The molecule has 132 valence electrons. The number of hydrogen-bond donors (Lipinski definition) is 2. The van der Waals surface area contributed by atoms with Crippen LogP contribution in [-0.2, 0) is 4.79 Å². The van der Waals surface area contributed by atoms with Gasteiger partial charge in [0.1, 0.15) is 6.04 Å². The number of phenolic OH excluding ortho intramolecular Hbond substituents is 1. The van der Waals surface area contributed by atoms with Gasteiger partial charge in [-0.3, -0.25) is 9.69 Å². The highest BCUT2D eigenvalue weighted by molar-refractivity contribution is 5.84. The van der Waals surface area contributed by atoms with E-state index in [4.69, 9.17) is 4.74 Å². The highest BCUT2D eigenvalue weighted by Gasteiger charge is 2.36. The maximum Gasteiger partial charge on any atom is 0.244 e. The molecule has 3 rings (SSSR count). The van der Waals surface area contributed by atoms with Gasteiger partial charge in [-0.15, -0.1) is 0 Å². The lowest BCUT2D eigenvalue weighted by molar-refractivity contribution is -0.137. The molecule has 2 unspecified atom stereocenters. The van der Waals surface area contributed by atoms with Crippen molar-refractivity contribution in [1.29, 1.82) is 0 Å². The van der Waals surface area contributed by atoms with Crippen LogP contribution < -0.4 is 10.1 Å². The third kappa shape index (κ3) is 3.35. The molecular formula is C18H27N3O3. The number of rotatable bonds is 4. The van der Waals surface area contributed by atoms with Gasteiger partial charge in [0.25, 0.3) is 0 Å². The van der Waals surface area contributed by atoms with Crippen LogP contribution in [0.1, 0.15) is 31.4 Å². The molecule has 1 aromatic rings. The summed E-state index contributed by atoms with van der Waals surface area (Å²) in [6, 6.07) is 5.20. The van der Waals surface area contributed by atoms with Gasteiger partial charge >= 0.3 is 0 Å². The Hall–Kier alpha value is -1.79. The van der Waals surface area contributed by atoms with Crippen molar-refractivity contribution in [2.45, 2.75) is 31.8 Å². The summed E-state index contributed by atoms with van der Waals surface area (Å²) in [5.41, 5.74) is 0.885. The van der Waals surface area contributed by atoms with E-state index in [9.17, 15) is 9.90 Å². The van der Waals surface area contributed by atoms with E-state index >= 15 is 0 Å². The van der Waals surface area contributed by atoms with E-state index in [1.807, 2.05) is 11.0 Å². The summed E-state index contributed by atoms with van der Waals surface area (Å²) in [7, 11) is 1.53. The number of carbonyl (C=O) groups is 1. The average molecular weight is 333 g/mol. The fourth-order valence-corrected chi connectivity index (χ4v) is 3.69. The first-order valence-electron chi connectivity index (χ1n) is 8.74. The predicted octanol–water partition coefficient (Wildman–Crippen LogP) is 1.36. The summed E-state index contributed by atoms with van der Waals surface area (Å²) in [6.07, 6.45) is 2.16. The third-order valence-electron chi connectivity index (χ3n) is 5.06. The topological polar surface area (TPSA) is 65.0 Å². The largest absolute Gasteiger partial charge is 0.504 e. The second-order valence-corrected chi connectivity index (χ2v) is 6.66. The number of ether oxygens (including phenoxy) is 1. The van der Waals surface area contributed by atoms with Gasteiger partial charge in [0, 0.05) is 38.8 Å². The van der Waals surface area contributed by atoms with Gasteiger partial charge in [-0.2, -0.15) is 0 Å². The second-order valence-electron chi connectivity index (χ2n) is 6.66. The quantitative estimate of drug-likeness (QED) is 0.871. The molecular weight excluding hydrogens is 306 g/mol. The first-order valence-corrected chi connectivity index (χ1v) is 8.74. The number of carbonyl (C=O) groups excluding carboxylic acids is 1. The van der Waals surface area contributed by atoms with E-state index in [1.54, 1.807) is 12.1 Å². The first kappa shape index (κ1) is 17.0. The third-order valence-corrected chi connectivity index (χ3v) is 5.06. The lowest BCUT2D eigenvalue weighted by Crippen LogP contribution is -2.54. The Morgan fingerprint density at radius 3 is 2.75 bits per heavy atom. The minimum absolute atomic E-state index is 0.0991. The summed E-state index contributed by atoms with van der Waals surface area (Å²) >= 11 is 0. The van der Waals surface area contributed by atoms with E-state index in [0.717, 1.165) is 51.1 Å². The summed E-state index contributed by atoms with van der Waals surface area (Å²) in [5.74, 6) is 0.672. The molecule has 6 nitrogen and oxygen atoms in total. The molecule has 0 radical (unpaired) electrons. The molecule has 2 saturated heterocycles. The van der Waals surface area contributed by atoms with E-state index in [1.165, 1.54) is 7.11 Å². The molecule has 0 aromatic heterocycles. The number of methoxy groups -OCH3 is 1. The van der Waals surface area contributed by atoms with E-state index < -0.39 is 0 Å². The Labute approximate surface area is 143 Å². The molecule has 2 heterocycles. The number of likely N-dealkylation sites (tertiary alicyclic amines) is 1. The summed E-state index contributed by atoms with van der Waals surface area (Å²) in [5, 5.41) is 13.3. The molecule has 1 amide bonds. The molecule has 2 aliphatic rings. The van der Waals surface area contributed by atoms with Gasteiger partial charge in [-0.1, -0.05) is 6.07 Å². The van der Waals surface area contributed by atoms with Gasteiger partial charge in [0.05, 0.1) is 7.11 Å². The Morgan fingerprint density at radius 1 is 1.33 bits per heavy atom. The highest BCUT2D eigenvalue weighted by atomic mass is 16.5. The summed E-state index contributed by atoms with van der Waals surface area (Å²) in [4.78, 5) is 17.5. The minimum Gasteiger partial charge on any atom is -0.504 e. The Kier molecular flexibility index (Phi) is 5.26. The van der Waals surface area contributed by atoms with Crippen molar-refractivity contribution in [3.8, 4) is 11.5 Å². The van der Waals surface area contributed by atoms with Crippen LogP contribution in [0.5, 0.6) is 11.5 Å². The van der Waals surface area contributed by atoms with E-state index in [2.05, 4.69) is 17.1 Å². The van der Waals surface area contributed by atoms with Crippen molar-refractivity contribution in [3.63, 3.8) is 0 Å². The van der Waals surface area contributed by atoms with Crippen molar-refractivity contribution < 1.29 is 14.6 Å². The van der Waals surface area contributed by atoms with Gasteiger partial charge in [0.15, 0.2) is 11.5 Å². The number of amides is 1. The maximum absolute atomic E-state index is 13.2. The number of piperazine rings is 1. The SMILES string of the molecule is COc1cc(C(C(=O)N2CCCC2)N2CCNCC2C)ccc1O. The molecule has 0 saturated carbocycles. The Balaban J connectivity index is 1.95. The monoisotopic (exact) mass is 333 g/mol. The molecule has 0 spiro atoms. The van der Waals surface area contributed by atoms with E-state index in [-0.39, 0.29) is 23.7 Å². The van der Waals surface area contributed by atoms with Crippen molar-refractivity contribution in [3.05, 3.63) is 23.8 Å². The first-order chi connectivity index (χ1) is 11.6. The molecule has 24 heavy (non-hydrogen) atoms. The van der Waals surface area contributed by atoms with Crippen LogP contribution in [0.15, 0.2) is 18.2 Å². The van der Waals surface area contributed by atoms with Crippen molar-refractivity contribution >= 4 is 5.91 Å². The zero-order valence-corrected chi connectivity index (χ0v) is 14.5. The van der Waals surface area contributed by atoms with Crippen LogP contribution in [0.25, 0.3) is 0 Å². The molecule has 1 aromatic carbocycles. The normalized spacial score (nSPS) is 23.2. The second kappa shape index (κ2) is 7.40. The van der Waals surface area contributed by atoms with Gasteiger partial charge in [0.2, 0.25) is 5.91 Å². The number of benzene rings is 1. The smallest absolute Gasteiger partial charge is 0.244 e. The molecule has 0 bridgehead atoms. The van der Waals surface area contributed by atoms with Gasteiger partial charge < -0.3 is 20.1 Å². The standard InChI is InChI=1S/C18H27N3O3/c1-13-12-19-7-10-21(13)17(18(23)20-8-3-4-9-20)14-5-6-15(22)16(11-14)24-2/h5-6,11,13,17,19,22H,3-4,7-10,12H2,1-2H3. The van der Waals surface area contributed by atoms with Gasteiger partial charge in [-0.05, 0) is 37.5 Å². The average Bonchev–Trinajstić information content (AvgIpc) is 3.12. The molecule has 2 atom stereocenters. The van der Waals surface area contributed by atoms with Crippen molar-refractivity contribution in [2.24, 2.45) is 0 Å². The molecule has 0 aliphatic carbocycles. The number of nitrogens with one attached hydrogen (secondary N) is 1. The summed E-state index contributed by atoms with van der Waals surface area (Å²) < 4.78 is 5.25. The van der Waals surface area contributed by atoms with Crippen LogP contribution in [-0.4, -0.2) is 66.7 Å². The van der Waals surface area contributed by atoms with Crippen LogP contribution in [0, 0.1) is 0 Å². The molecule has 2 aliphatic heterocycles. The molecule has 2 fully saturated rings. The van der Waals surface area contributed by atoms with Crippen molar-refractivity contribution in [2.75, 3.05) is 39.8 Å². The van der Waals surface area contributed by atoms with Crippen molar-refractivity contribution in [1.82, 2.24) is 15.1 Å². The summed E-state index contributed by atoms with van der Waals surface area (Å²) in [6.45, 7) is 6.40. The minimum atomic E-state index is -0.324. The fraction of sp³-hybridized carbons (Fsp3) is 0.611. The predicted molar refractivity (Wildman–Crippen MR) is 92.3 cm³/mol. The van der Waals surface area contributed by atoms with Crippen LogP contribution in [0.3, 0.4) is 0 Å². The Bertz CT molecular complexity index is 587. The highest BCUT2D eigenvalue weighted by Crippen LogP contribution is 2.33. The zero-order chi connectivity index (χ0) is 17.1. The molecule has 6 heteroatoms. The fourth-order valence-electron chi connectivity index (χ4n) is 3.69. The number of hydrogen-bond acceptors (Lipinski definition) is 5. The van der Waals surface area contributed by atoms with Crippen LogP contribution in [0.2, 0.25) is 0 Å². The zero-order valence-electron chi connectivity index (χ0n) is 14.5. The maximum atomic E-state index is 13.2. The number of nitrogens with zero attached hydrogens (tertiary/aromatic N) is 2. The lowest BCUT2D eigenvalue weighted by atomic mass is 10.00. The molecule has 2 N–H and O–H groups in total. The number of phenols is 1. The van der Waals surface area contributed by atoms with Crippen LogP contribution in [0.4, 0.5) is 0 Å². The number of aromatic hydroxyl groups is 1. The van der Waals surface area contributed by atoms with Gasteiger partial charge in [-0.25, -0.2) is 0 Å².